The van der Waals surface area contributed by atoms with Crippen LogP contribution < -0.4 is 5.63 Å². The number of hydrogen-bond acceptors (Lipinski definition) is 6. The van der Waals surface area contributed by atoms with Crippen molar-refractivity contribution >= 4 is 11.9 Å². The van der Waals surface area contributed by atoms with Gasteiger partial charge >= 0.3 is 17.6 Å². The van der Waals surface area contributed by atoms with Gasteiger partial charge in [0.05, 0.1) is 17.8 Å². The number of aryl methyl sites for hydroxylation is 1. The first-order valence-corrected chi connectivity index (χ1v) is 6.29. The van der Waals surface area contributed by atoms with E-state index in [-0.39, 0.29) is 29.1 Å². The molecule has 1 aromatic rings. The molecule has 6 nitrogen and oxygen atoms in total. The second-order valence-corrected chi connectivity index (χ2v) is 4.82. The highest BCUT2D eigenvalue weighted by Gasteiger charge is 2.25. The molecule has 0 aromatic carbocycles. The van der Waals surface area contributed by atoms with E-state index >= 15 is 0 Å². The van der Waals surface area contributed by atoms with E-state index in [2.05, 4.69) is 0 Å². The number of rotatable bonds is 4. The lowest BCUT2D eigenvalue weighted by Crippen LogP contribution is -2.22. The Morgan fingerprint density at radius 1 is 1.05 bits per heavy atom. The molecule has 0 saturated heterocycles. The summed E-state index contributed by atoms with van der Waals surface area (Å²) in [5.41, 5.74) is -0.943. The summed E-state index contributed by atoms with van der Waals surface area (Å²) in [5.74, 6) is -1.46. The van der Waals surface area contributed by atoms with Gasteiger partial charge in [-0.1, -0.05) is 0 Å². The summed E-state index contributed by atoms with van der Waals surface area (Å²) in [5, 5.41) is 0. The van der Waals surface area contributed by atoms with Crippen molar-refractivity contribution in [3.05, 3.63) is 33.4 Å². The second kappa shape index (κ2) is 6.36. The fourth-order valence-electron chi connectivity index (χ4n) is 1.58. The number of esters is 2. The molecule has 0 spiro atoms. The number of ether oxygens (including phenoxy) is 2. The predicted octanol–water partition coefficient (Wildman–Crippen LogP) is 2.08. The summed E-state index contributed by atoms with van der Waals surface area (Å²) < 4.78 is 14.9. The quantitative estimate of drug-likeness (QED) is 0.786. The standard InChI is InChI=1S/C14H18O6/c1-7(2)18-13(16)10-6-11(15)20-9(5)12(10)14(17)19-8(3)4/h6-8H,1-5H3. The lowest BCUT2D eigenvalue weighted by atomic mass is 10.1. The molecule has 1 aromatic heterocycles. The van der Waals surface area contributed by atoms with Gasteiger partial charge in [0.15, 0.2) is 0 Å². The molecule has 0 aliphatic carbocycles. The third kappa shape index (κ3) is 3.94. The molecule has 0 fully saturated rings. The minimum atomic E-state index is -0.758. The maximum absolute atomic E-state index is 12.0. The Kier molecular flexibility index (Phi) is 5.07. The topological polar surface area (TPSA) is 82.8 Å². The molecule has 0 aliphatic rings. The molecule has 0 atom stereocenters. The first-order valence-electron chi connectivity index (χ1n) is 6.29. The van der Waals surface area contributed by atoms with E-state index < -0.39 is 17.6 Å². The smallest absolute Gasteiger partial charge is 0.342 e. The molecular weight excluding hydrogens is 264 g/mol. The van der Waals surface area contributed by atoms with E-state index in [1.165, 1.54) is 6.92 Å². The van der Waals surface area contributed by atoms with Crippen molar-refractivity contribution in [2.45, 2.75) is 46.8 Å². The van der Waals surface area contributed by atoms with Crippen LogP contribution in [0.5, 0.6) is 0 Å². The largest absolute Gasteiger partial charge is 0.459 e. The van der Waals surface area contributed by atoms with Crippen LogP contribution in [0.4, 0.5) is 0 Å². The average molecular weight is 282 g/mol. The number of carbonyl (C=O) groups is 2. The normalized spacial score (nSPS) is 10.8. The highest BCUT2D eigenvalue weighted by atomic mass is 16.5. The monoisotopic (exact) mass is 282 g/mol. The molecule has 0 amide bonds. The lowest BCUT2D eigenvalue weighted by Gasteiger charge is -2.13. The minimum Gasteiger partial charge on any atom is -0.459 e. The van der Waals surface area contributed by atoms with Crippen LogP contribution in [0.15, 0.2) is 15.3 Å². The van der Waals surface area contributed by atoms with E-state index in [9.17, 15) is 14.4 Å². The molecule has 20 heavy (non-hydrogen) atoms. The minimum absolute atomic E-state index is 0.0267. The highest BCUT2D eigenvalue weighted by Crippen LogP contribution is 2.16. The van der Waals surface area contributed by atoms with Crippen LogP contribution in [0.3, 0.4) is 0 Å². The Balaban J connectivity index is 3.31. The molecule has 0 saturated carbocycles. The highest BCUT2D eigenvalue weighted by molar-refractivity contribution is 6.03. The van der Waals surface area contributed by atoms with Gasteiger partial charge in [0.25, 0.3) is 0 Å². The molecule has 1 rings (SSSR count). The van der Waals surface area contributed by atoms with Crippen LogP contribution in [0, 0.1) is 6.92 Å². The van der Waals surface area contributed by atoms with Gasteiger partial charge in [0, 0.05) is 6.07 Å². The zero-order valence-electron chi connectivity index (χ0n) is 12.2. The van der Waals surface area contributed by atoms with Gasteiger partial charge in [-0.3, -0.25) is 0 Å². The maximum atomic E-state index is 12.0. The Labute approximate surface area is 116 Å². The Bertz CT molecular complexity index is 568. The fraction of sp³-hybridized carbons (Fsp3) is 0.500. The average Bonchev–Trinajstić information content (AvgIpc) is 2.25. The maximum Gasteiger partial charge on any atom is 0.342 e. The summed E-state index contributed by atoms with van der Waals surface area (Å²) in [6.45, 7) is 8.12. The van der Waals surface area contributed by atoms with Crippen molar-refractivity contribution in [1.29, 1.82) is 0 Å². The molecular formula is C14H18O6. The van der Waals surface area contributed by atoms with Crippen LogP contribution in [0.1, 0.15) is 54.2 Å². The van der Waals surface area contributed by atoms with Crippen LogP contribution in [-0.2, 0) is 9.47 Å². The molecule has 0 bridgehead atoms. The van der Waals surface area contributed by atoms with Crippen LogP contribution in [0.25, 0.3) is 0 Å². The zero-order chi connectivity index (χ0) is 15.4. The van der Waals surface area contributed by atoms with E-state index in [0.717, 1.165) is 6.07 Å². The van der Waals surface area contributed by atoms with E-state index in [1.807, 2.05) is 0 Å². The van der Waals surface area contributed by atoms with Gasteiger partial charge in [-0.2, -0.15) is 0 Å². The Morgan fingerprint density at radius 2 is 1.55 bits per heavy atom. The first kappa shape index (κ1) is 15.9. The molecule has 0 radical (unpaired) electrons. The van der Waals surface area contributed by atoms with Gasteiger partial charge < -0.3 is 13.9 Å². The third-order valence-corrected chi connectivity index (χ3v) is 2.25. The number of carbonyl (C=O) groups excluding carboxylic acids is 2. The SMILES string of the molecule is Cc1oc(=O)cc(C(=O)OC(C)C)c1C(=O)OC(C)C. The van der Waals surface area contributed by atoms with Gasteiger partial charge in [-0.05, 0) is 34.6 Å². The molecule has 0 unspecified atom stereocenters. The van der Waals surface area contributed by atoms with Crippen molar-refractivity contribution in [3.8, 4) is 0 Å². The van der Waals surface area contributed by atoms with E-state index in [4.69, 9.17) is 13.9 Å². The summed E-state index contributed by atoms with van der Waals surface area (Å²) in [7, 11) is 0. The van der Waals surface area contributed by atoms with Crippen molar-refractivity contribution in [1.82, 2.24) is 0 Å². The van der Waals surface area contributed by atoms with Crippen LogP contribution >= 0.6 is 0 Å². The van der Waals surface area contributed by atoms with Crippen LogP contribution in [0.2, 0.25) is 0 Å². The lowest BCUT2D eigenvalue weighted by molar-refractivity contribution is 0.0322. The van der Waals surface area contributed by atoms with Crippen LogP contribution in [-0.4, -0.2) is 24.1 Å². The summed E-state index contributed by atoms with van der Waals surface area (Å²) in [6.07, 6.45) is -0.730. The van der Waals surface area contributed by atoms with Crippen molar-refractivity contribution in [2.75, 3.05) is 0 Å². The summed E-state index contributed by atoms with van der Waals surface area (Å²) >= 11 is 0. The van der Waals surface area contributed by atoms with Crippen molar-refractivity contribution < 1.29 is 23.5 Å². The predicted molar refractivity (Wildman–Crippen MR) is 70.8 cm³/mol. The summed E-state index contributed by atoms with van der Waals surface area (Å²) in [4.78, 5) is 35.3. The molecule has 0 N–H and O–H groups in total. The summed E-state index contributed by atoms with van der Waals surface area (Å²) in [6, 6.07) is 0.939. The van der Waals surface area contributed by atoms with E-state index in [0.29, 0.717) is 0 Å². The van der Waals surface area contributed by atoms with Crippen molar-refractivity contribution in [3.63, 3.8) is 0 Å². The van der Waals surface area contributed by atoms with Crippen molar-refractivity contribution in [2.24, 2.45) is 0 Å². The molecule has 6 heteroatoms. The second-order valence-electron chi connectivity index (χ2n) is 4.82. The third-order valence-electron chi connectivity index (χ3n) is 2.25. The van der Waals surface area contributed by atoms with Gasteiger partial charge in [-0.15, -0.1) is 0 Å². The number of hydrogen-bond donors (Lipinski definition) is 0. The first-order chi connectivity index (χ1) is 9.22. The Hall–Kier alpha value is -2.11. The van der Waals surface area contributed by atoms with E-state index in [1.54, 1.807) is 27.7 Å². The Morgan fingerprint density at radius 3 is 2.05 bits per heavy atom. The zero-order valence-corrected chi connectivity index (χ0v) is 12.2. The van der Waals surface area contributed by atoms with Gasteiger partial charge in [0.1, 0.15) is 11.3 Å². The fourth-order valence-corrected chi connectivity index (χ4v) is 1.58. The van der Waals surface area contributed by atoms with Gasteiger partial charge in [-0.25, -0.2) is 14.4 Å². The van der Waals surface area contributed by atoms with Gasteiger partial charge in [0.2, 0.25) is 0 Å². The molecule has 110 valence electrons. The molecule has 0 aliphatic heterocycles. The molecule has 1 heterocycles.